The molecule has 3 nitrogen and oxygen atoms in total. The average molecular weight is 257 g/mol. The van der Waals surface area contributed by atoms with E-state index in [0.29, 0.717) is 0 Å². The van der Waals surface area contributed by atoms with Gasteiger partial charge in [0, 0.05) is 31.1 Å². The highest BCUT2D eigenvalue weighted by molar-refractivity contribution is 7.13. The van der Waals surface area contributed by atoms with Gasteiger partial charge in [-0.25, -0.2) is 4.98 Å². The molecule has 0 spiro atoms. The molecule has 0 aliphatic rings. The molecule has 1 N–H and O–H groups in total. The summed E-state index contributed by atoms with van der Waals surface area (Å²) in [6.45, 7) is 3.55. The van der Waals surface area contributed by atoms with E-state index in [1.54, 1.807) is 17.5 Å². The summed E-state index contributed by atoms with van der Waals surface area (Å²) in [6, 6.07) is 5.87. The number of pyridine rings is 1. The normalized spacial score (nSPS) is 9.83. The maximum Gasteiger partial charge on any atom is 0.142 e. The molecular weight excluding hydrogens is 242 g/mol. The van der Waals surface area contributed by atoms with Crippen molar-refractivity contribution in [1.82, 2.24) is 15.3 Å². The molecule has 2 aromatic heterocycles. The summed E-state index contributed by atoms with van der Waals surface area (Å²) in [5.41, 5.74) is 2.00. The Morgan fingerprint density at radius 1 is 1.39 bits per heavy atom. The highest BCUT2D eigenvalue weighted by Crippen LogP contribution is 2.20. The van der Waals surface area contributed by atoms with Gasteiger partial charge in [-0.1, -0.05) is 6.07 Å². The van der Waals surface area contributed by atoms with Crippen molar-refractivity contribution >= 4 is 11.3 Å². The molecule has 0 saturated carbocycles. The third-order valence-corrected chi connectivity index (χ3v) is 3.26. The molecule has 0 aromatic carbocycles. The van der Waals surface area contributed by atoms with Gasteiger partial charge in [-0.15, -0.1) is 23.2 Å². The molecule has 18 heavy (non-hydrogen) atoms. The number of rotatable bonds is 5. The van der Waals surface area contributed by atoms with Gasteiger partial charge in [0.25, 0.3) is 0 Å². The Balaban J connectivity index is 1.88. The lowest BCUT2D eigenvalue weighted by molar-refractivity contribution is 0.691. The SMILES string of the molecule is CC#CCCNCc1csc(-c2ccccn2)n1. The highest BCUT2D eigenvalue weighted by atomic mass is 32.1. The summed E-state index contributed by atoms with van der Waals surface area (Å²) in [4.78, 5) is 8.85. The van der Waals surface area contributed by atoms with Crippen LogP contribution in [0.15, 0.2) is 29.8 Å². The molecule has 0 fully saturated rings. The average Bonchev–Trinajstić information content (AvgIpc) is 2.88. The first-order chi connectivity index (χ1) is 8.90. The van der Waals surface area contributed by atoms with Gasteiger partial charge in [-0.05, 0) is 19.1 Å². The lowest BCUT2D eigenvalue weighted by Gasteiger charge is -1.98. The van der Waals surface area contributed by atoms with Crippen LogP contribution in [0.3, 0.4) is 0 Å². The third kappa shape index (κ3) is 3.66. The van der Waals surface area contributed by atoms with Crippen molar-refractivity contribution in [2.45, 2.75) is 19.9 Å². The summed E-state index contributed by atoms with van der Waals surface area (Å²) in [7, 11) is 0. The van der Waals surface area contributed by atoms with Crippen LogP contribution in [-0.2, 0) is 6.54 Å². The van der Waals surface area contributed by atoms with E-state index in [4.69, 9.17) is 0 Å². The number of aromatic nitrogens is 2. The zero-order valence-electron chi connectivity index (χ0n) is 10.3. The molecule has 0 unspecified atom stereocenters. The number of nitrogens with zero attached hydrogens (tertiary/aromatic N) is 2. The zero-order valence-corrected chi connectivity index (χ0v) is 11.1. The smallest absolute Gasteiger partial charge is 0.142 e. The van der Waals surface area contributed by atoms with Crippen LogP contribution in [0, 0.1) is 11.8 Å². The van der Waals surface area contributed by atoms with Crippen molar-refractivity contribution in [2.24, 2.45) is 0 Å². The van der Waals surface area contributed by atoms with Crippen molar-refractivity contribution in [3.05, 3.63) is 35.5 Å². The molecular formula is C14H15N3S. The molecule has 0 radical (unpaired) electrons. The first-order valence-electron chi connectivity index (χ1n) is 5.86. The van der Waals surface area contributed by atoms with Gasteiger partial charge in [0.15, 0.2) is 0 Å². The van der Waals surface area contributed by atoms with Crippen LogP contribution in [0.1, 0.15) is 19.0 Å². The molecule has 2 rings (SSSR count). The fourth-order valence-corrected chi connectivity index (χ4v) is 2.28. The Hall–Kier alpha value is -1.70. The van der Waals surface area contributed by atoms with Gasteiger partial charge < -0.3 is 5.32 Å². The van der Waals surface area contributed by atoms with Gasteiger partial charge in [-0.2, -0.15) is 0 Å². The van der Waals surface area contributed by atoms with Gasteiger partial charge in [0.05, 0.1) is 11.4 Å². The van der Waals surface area contributed by atoms with Crippen molar-refractivity contribution < 1.29 is 0 Å². The van der Waals surface area contributed by atoms with E-state index in [0.717, 1.165) is 35.9 Å². The lowest BCUT2D eigenvalue weighted by Crippen LogP contribution is -2.14. The molecule has 4 heteroatoms. The molecule has 0 bridgehead atoms. The van der Waals surface area contributed by atoms with E-state index in [-0.39, 0.29) is 0 Å². The summed E-state index contributed by atoms with van der Waals surface area (Å²) in [5, 5.41) is 6.37. The van der Waals surface area contributed by atoms with Crippen LogP contribution in [0.5, 0.6) is 0 Å². The maximum atomic E-state index is 4.56. The van der Waals surface area contributed by atoms with Gasteiger partial charge in [0.1, 0.15) is 5.01 Å². The van der Waals surface area contributed by atoms with Crippen LogP contribution in [-0.4, -0.2) is 16.5 Å². The second-order valence-corrected chi connectivity index (χ2v) is 4.57. The van der Waals surface area contributed by atoms with E-state index >= 15 is 0 Å². The number of hydrogen-bond acceptors (Lipinski definition) is 4. The predicted octanol–water partition coefficient (Wildman–Crippen LogP) is 2.71. The summed E-state index contributed by atoms with van der Waals surface area (Å²) < 4.78 is 0. The van der Waals surface area contributed by atoms with E-state index < -0.39 is 0 Å². The molecule has 2 heterocycles. The largest absolute Gasteiger partial charge is 0.310 e. The fraction of sp³-hybridized carbons (Fsp3) is 0.286. The molecule has 92 valence electrons. The number of hydrogen-bond donors (Lipinski definition) is 1. The quantitative estimate of drug-likeness (QED) is 0.661. The van der Waals surface area contributed by atoms with E-state index in [9.17, 15) is 0 Å². The molecule has 0 aliphatic heterocycles. The van der Waals surface area contributed by atoms with E-state index in [1.165, 1.54) is 0 Å². The van der Waals surface area contributed by atoms with Crippen LogP contribution in [0.2, 0.25) is 0 Å². The highest BCUT2D eigenvalue weighted by Gasteiger charge is 2.04. The van der Waals surface area contributed by atoms with Gasteiger partial charge in [-0.3, -0.25) is 4.98 Å². The van der Waals surface area contributed by atoms with Crippen molar-refractivity contribution in [1.29, 1.82) is 0 Å². The summed E-state index contributed by atoms with van der Waals surface area (Å²) in [5.74, 6) is 5.91. The van der Waals surface area contributed by atoms with Crippen molar-refractivity contribution in [3.8, 4) is 22.5 Å². The third-order valence-electron chi connectivity index (χ3n) is 2.35. The first-order valence-corrected chi connectivity index (χ1v) is 6.74. The zero-order chi connectivity index (χ0) is 12.6. The minimum atomic E-state index is 0.786. The second kappa shape index (κ2) is 6.90. The van der Waals surface area contributed by atoms with Crippen molar-refractivity contribution in [3.63, 3.8) is 0 Å². The van der Waals surface area contributed by atoms with Crippen LogP contribution < -0.4 is 5.32 Å². The van der Waals surface area contributed by atoms with Gasteiger partial charge in [0.2, 0.25) is 0 Å². The minimum absolute atomic E-state index is 0.786. The number of nitrogens with one attached hydrogen (secondary N) is 1. The lowest BCUT2D eigenvalue weighted by atomic mass is 10.3. The van der Waals surface area contributed by atoms with Gasteiger partial charge >= 0.3 is 0 Å². The summed E-state index contributed by atoms with van der Waals surface area (Å²) >= 11 is 1.63. The Kier molecular flexibility index (Phi) is 4.88. The molecule has 2 aromatic rings. The maximum absolute atomic E-state index is 4.56. The second-order valence-electron chi connectivity index (χ2n) is 3.71. The summed E-state index contributed by atoms with van der Waals surface area (Å²) in [6.07, 6.45) is 2.67. The molecule has 0 aliphatic carbocycles. The fourth-order valence-electron chi connectivity index (χ4n) is 1.49. The van der Waals surface area contributed by atoms with Crippen LogP contribution in [0.4, 0.5) is 0 Å². The van der Waals surface area contributed by atoms with E-state index in [2.05, 4.69) is 32.5 Å². The van der Waals surface area contributed by atoms with Crippen molar-refractivity contribution in [2.75, 3.05) is 6.54 Å². The topological polar surface area (TPSA) is 37.8 Å². The Bertz CT molecular complexity index is 537. The predicted molar refractivity (Wildman–Crippen MR) is 75.1 cm³/mol. The molecule has 0 amide bonds. The first kappa shape index (κ1) is 12.7. The Morgan fingerprint density at radius 2 is 2.33 bits per heavy atom. The molecule has 0 atom stereocenters. The van der Waals surface area contributed by atoms with Crippen LogP contribution in [0.25, 0.3) is 10.7 Å². The Morgan fingerprint density at radius 3 is 3.11 bits per heavy atom. The Labute approximate surface area is 111 Å². The van der Waals surface area contributed by atoms with E-state index in [1.807, 2.05) is 25.1 Å². The minimum Gasteiger partial charge on any atom is -0.310 e. The monoisotopic (exact) mass is 257 g/mol. The number of thiazole rings is 1. The van der Waals surface area contributed by atoms with Crippen LogP contribution >= 0.6 is 11.3 Å². The standard InChI is InChI=1S/C14H15N3S/c1-2-3-5-8-15-10-12-11-18-14(17-12)13-7-4-6-9-16-13/h4,6-7,9,11,15H,5,8,10H2,1H3. The molecule has 0 saturated heterocycles.